The van der Waals surface area contributed by atoms with E-state index in [1.54, 1.807) is 13.0 Å². The number of esters is 1. The van der Waals surface area contributed by atoms with E-state index in [2.05, 4.69) is 22.6 Å². The van der Waals surface area contributed by atoms with Gasteiger partial charge in [0.15, 0.2) is 11.5 Å². The molecule has 3 rings (SSSR count). The minimum atomic E-state index is -4.40. The van der Waals surface area contributed by atoms with E-state index < -0.39 is 16.1 Å². The van der Waals surface area contributed by atoms with Crippen molar-refractivity contribution in [3.63, 3.8) is 0 Å². The second-order valence-electron chi connectivity index (χ2n) is 7.10. The maximum atomic E-state index is 12.8. The maximum absolute atomic E-state index is 12.8. The summed E-state index contributed by atoms with van der Waals surface area (Å²) in [6, 6.07) is 5.85. The van der Waals surface area contributed by atoms with Gasteiger partial charge in [0.1, 0.15) is 0 Å². The Morgan fingerprint density at radius 1 is 1.10 bits per heavy atom. The summed E-state index contributed by atoms with van der Waals surface area (Å²) in [4.78, 5) is 12.6. The molecule has 0 aliphatic heterocycles. The lowest BCUT2D eigenvalue weighted by Crippen LogP contribution is -2.15. The molecule has 0 amide bonds. The molecular formula is C20H20I2O6S. The molecule has 0 radical (unpaired) electrons. The van der Waals surface area contributed by atoms with Crippen LogP contribution in [-0.4, -0.2) is 24.0 Å². The highest BCUT2D eigenvalue weighted by atomic mass is 127. The van der Waals surface area contributed by atoms with Crippen LogP contribution in [0.2, 0.25) is 0 Å². The number of carbonyl (C=O) groups excluding carboxylic acids is 1. The normalized spacial score (nSPS) is 15.3. The number of carbonyl (C=O) groups is 1. The molecule has 0 spiro atoms. The van der Waals surface area contributed by atoms with Crippen LogP contribution in [0, 0.1) is 14.1 Å². The summed E-state index contributed by atoms with van der Waals surface area (Å²) in [6.07, 6.45) is 4.63. The molecule has 1 aliphatic rings. The molecule has 1 aliphatic carbocycles. The van der Waals surface area contributed by atoms with Gasteiger partial charge in [-0.2, -0.15) is 8.42 Å². The SMILES string of the molecule is Cc1c(I)cc(I)c(O)c1OC(=O)c1ccc(S(=O)(=O)O)c(C2CCCCC2)c1. The molecule has 2 N–H and O–H groups in total. The van der Waals surface area contributed by atoms with E-state index in [4.69, 9.17) is 4.74 Å². The second-order valence-corrected chi connectivity index (χ2v) is 10.8. The van der Waals surface area contributed by atoms with Gasteiger partial charge < -0.3 is 9.84 Å². The molecule has 0 bridgehead atoms. The summed E-state index contributed by atoms with van der Waals surface area (Å²) in [7, 11) is -4.40. The topological polar surface area (TPSA) is 101 Å². The molecule has 1 saturated carbocycles. The van der Waals surface area contributed by atoms with Gasteiger partial charge in [0.2, 0.25) is 0 Å². The van der Waals surface area contributed by atoms with Crippen LogP contribution in [0.25, 0.3) is 0 Å². The van der Waals surface area contributed by atoms with Crippen molar-refractivity contribution in [2.75, 3.05) is 0 Å². The lowest BCUT2D eigenvalue weighted by Gasteiger charge is -2.24. The van der Waals surface area contributed by atoms with Gasteiger partial charge in [-0.15, -0.1) is 0 Å². The number of hydrogen-bond acceptors (Lipinski definition) is 5. The first-order chi connectivity index (χ1) is 13.6. The summed E-state index contributed by atoms with van der Waals surface area (Å²) in [5.41, 5.74) is 1.25. The largest absolute Gasteiger partial charge is 0.503 e. The summed E-state index contributed by atoms with van der Waals surface area (Å²) in [6.45, 7) is 1.75. The highest BCUT2D eigenvalue weighted by molar-refractivity contribution is 14.1. The van der Waals surface area contributed by atoms with E-state index in [0.29, 0.717) is 14.7 Å². The number of benzene rings is 2. The molecule has 2 aromatic carbocycles. The van der Waals surface area contributed by atoms with Crippen molar-refractivity contribution in [3.05, 3.63) is 48.1 Å². The maximum Gasteiger partial charge on any atom is 0.343 e. The smallest absolute Gasteiger partial charge is 0.343 e. The van der Waals surface area contributed by atoms with Crippen LogP contribution >= 0.6 is 45.2 Å². The van der Waals surface area contributed by atoms with Crippen molar-refractivity contribution >= 4 is 61.3 Å². The quantitative estimate of drug-likeness (QED) is 0.200. The van der Waals surface area contributed by atoms with Crippen molar-refractivity contribution in [2.24, 2.45) is 0 Å². The van der Waals surface area contributed by atoms with E-state index >= 15 is 0 Å². The molecule has 1 fully saturated rings. The number of rotatable bonds is 4. The van der Waals surface area contributed by atoms with E-state index in [1.165, 1.54) is 18.2 Å². The van der Waals surface area contributed by atoms with Crippen molar-refractivity contribution in [3.8, 4) is 11.5 Å². The van der Waals surface area contributed by atoms with Crippen LogP contribution in [0.1, 0.15) is 59.5 Å². The molecular weight excluding hydrogens is 622 g/mol. The first kappa shape index (κ1) is 22.8. The summed E-state index contributed by atoms with van der Waals surface area (Å²) < 4.78 is 40.2. The van der Waals surface area contributed by atoms with Gasteiger partial charge in [0, 0.05) is 9.13 Å². The fourth-order valence-corrected chi connectivity index (χ4v) is 6.07. The molecule has 9 heteroatoms. The molecule has 0 aromatic heterocycles. The number of phenolic OH excluding ortho intramolecular Hbond substituents is 1. The second kappa shape index (κ2) is 9.06. The molecule has 0 saturated heterocycles. The predicted molar refractivity (Wildman–Crippen MR) is 125 cm³/mol. The zero-order valence-electron chi connectivity index (χ0n) is 15.6. The average molecular weight is 642 g/mol. The summed E-state index contributed by atoms with van der Waals surface area (Å²) >= 11 is 4.06. The van der Waals surface area contributed by atoms with Crippen LogP contribution in [0.15, 0.2) is 29.2 Å². The van der Waals surface area contributed by atoms with Crippen LogP contribution in [-0.2, 0) is 10.1 Å². The zero-order chi connectivity index (χ0) is 21.3. The lowest BCUT2D eigenvalue weighted by molar-refractivity contribution is 0.0727. The van der Waals surface area contributed by atoms with Crippen molar-refractivity contribution in [1.29, 1.82) is 0 Å². The van der Waals surface area contributed by atoms with Gasteiger partial charge in [-0.1, -0.05) is 19.3 Å². The fourth-order valence-electron chi connectivity index (χ4n) is 3.60. The third-order valence-electron chi connectivity index (χ3n) is 5.16. The Kier molecular flexibility index (Phi) is 7.11. The molecule has 29 heavy (non-hydrogen) atoms. The van der Waals surface area contributed by atoms with Crippen LogP contribution < -0.4 is 4.74 Å². The molecule has 0 atom stereocenters. The Balaban J connectivity index is 2.00. The molecule has 156 valence electrons. The minimum Gasteiger partial charge on any atom is -0.503 e. The standard InChI is InChI=1S/C20H20I2O6S/c1-11-15(21)10-16(22)18(23)19(11)28-20(24)13-7-8-17(29(25,26)27)14(9-13)12-5-3-2-4-6-12/h7-10,12,23H,2-6H2,1H3,(H,25,26,27). The Morgan fingerprint density at radius 2 is 1.76 bits per heavy atom. The third kappa shape index (κ3) is 5.05. The third-order valence-corrected chi connectivity index (χ3v) is 8.03. The van der Waals surface area contributed by atoms with Gasteiger partial charge in [0.05, 0.1) is 14.0 Å². The Bertz CT molecular complexity index is 1030. The number of halogens is 2. The van der Waals surface area contributed by atoms with Crippen LogP contribution in [0.3, 0.4) is 0 Å². The van der Waals surface area contributed by atoms with Gasteiger partial charge in [-0.3, -0.25) is 4.55 Å². The average Bonchev–Trinajstić information content (AvgIpc) is 2.69. The monoisotopic (exact) mass is 642 g/mol. The summed E-state index contributed by atoms with van der Waals surface area (Å²) in [5, 5.41) is 10.3. The molecule has 2 aromatic rings. The van der Waals surface area contributed by atoms with E-state index in [9.17, 15) is 22.9 Å². The first-order valence-electron chi connectivity index (χ1n) is 9.10. The van der Waals surface area contributed by atoms with Crippen LogP contribution in [0.5, 0.6) is 11.5 Å². The Hall–Kier alpha value is -0.920. The van der Waals surface area contributed by atoms with E-state index in [-0.39, 0.29) is 27.9 Å². The Morgan fingerprint density at radius 3 is 2.38 bits per heavy atom. The van der Waals surface area contributed by atoms with Gasteiger partial charge in [-0.05, 0) is 101 Å². The highest BCUT2D eigenvalue weighted by Gasteiger charge is 2.26. The van der Waals surface area contributed by atoms with E-state index in [0.717, 1.165) is 35.7 Å². The zero-order valence-corrected chi connectivity index (χ0v) is 20.7. The van der Waals surface area contributed by atoms with Crippen molar-refractivity contribution in [1.82, 2.24) is 0 Å². The van der Waals surface area contributed by atoms with Crippen molar-refractivity contribution in [2.45, 2.75) is 49.8 Å². The number of hydrogen-bond donors (Lipinski definition) is 2. The molecule has 0 heterocycles. The van der Waals surface area contributed by atoms with Crippen molar-refractivity contribution < 1.29 is 27.6 Å². The molecule has 6 nitrogen and oxygen atoms in total. The first-order valence-corrected chi connectivity index (χ1v) is 12.7. The van der Waals surface area contributed by atoms with Gasteiger partial charge in [-0.25, -0.2) is 4.79 Å². The van der Waals surface area contributed by atoms with Crippen LogP contribution in [0.4, 0.5) is 0 Å². The number of aromatic hydroxyl groups is 1. The summed E-state index contributed by atoms with van der Waals surface area (Å²) in [5.74, 6) is -0.759. The lowest BCUT2D eigenvalue weighted by atomic mass is 9.83. The number of phenols is 1. The van der Waals surface area contributed by atoms with E-state index in [1.807, 2.05) is 22.6 Å². The highest BCUT2D eigenvalue weighted by Crippen LogP contribution is 2.39. The molecule has 0 unspecified atom stereocenters. The van der Waals surface area contributed by atoms with Gasteiger partial charge in [0.25, 0.3) is 10.1 Å². The minimum absolute atomic E-state index is 0.0396. The Labute approximate surface area is 197 Å². The van der Waals surface area contributed by atoms with Gasteiger partial charge >= 0.3 is 5.97 Å². The number of ether oxygens (including phenoxy) is 1. The predicted octanol–water partition coefficient (Wildman–Crippen LogP) is 5.42. The fraction of sp³-hybridized carbons (Fsp3) is 0.350.